The minimum absolute atomic E-state index is 0.0270. The van der Waals surface area contributed by atoms with E-state index in [1.165, 1.54) is 35.3 Å². The second kappa shape index (κ2) is 14.5. The van der Waals surface area contributed by atoms with Crippen LogP contribution in [-0.4, -0.2) is 38.5 Å². The Morgan fingerprint density at radius 3 is 2.28 bits per heavy atom. The number of thioether (sulfide) groups is 1. The highest BCUT2D eigenvalue weighted by molar-refractivity contribution is 8.14. The van der Waals surface area contributed by atoms with Gasteiger partial charge in [0.2, 0.25) is 5.91 Å². The van der Waals surface area contributed by atoms with Crippen LogP contribution in [0, 0.1) is 10.1 Å². The van der Waals surface area contributed by atoms with Gasteiger partial charge in [-0.1, -0.05) is 109 Å². The lowest BCUT2D eigenvalue weighted by molar-refractivity contribution is -0.384. The van der Waals surface area contributed by atoms with Crippen LogP contribution in [0.3, 0.4) is 0 Å². The molecule has 1 N–H and O–H groups in total. The third kappa shape index (κ3) is 7.69. The monoisotopic (exact) mass is 592 g/mol. The van der Waals surface area contributed by atoms with Crippen molar-refractivity contribution in [2.45, 2.75) is 13.0 Å². The van der Waals surface area contributed by atoms with E-state index in [4.69, 9.17) is 0 Å². The van der Waals surface area contributed by atoms with E-state index in [2.05, 4.69) is 16.9 Å². The molecule has 9 nitrogen and oxygen atoms in total. The van der Waals surface area contributed by atoms with E-state index in [1.54, 1.807) is 31.2 Å². The van der Waals surface area contributed by atoms with Crippen LogP contribution in [0.5, 0.6) is 0 Å². The maximum absolute atomic E-state index is 13.7. The molecule has 0 unspecified atom stereocenters. The van der Waals surface area contributed by atoms with E-state index < -0.39 is 22.8 Å². The Bertz CT molecular complexity index is 1620. The van der Waals surface area contributed by atoms with Gasteiger partial charge < -0.3 is 5.32 Å². The minimum atomic E-state index is -0.815. The Hall–Kier alpha value is -5.35. The van der Waals surface area contributed by atoms with Crippen LogP contribution in [0.2, 0.25) is 0 Å². The molecule has 1 aliphatic heterocycles. The Kier molecular flexibility index (Phi) is 10.3. The second-order valence-corrected chi connectivity index (χ2v) is 10.1. The van der Waals surface area contributed by atoms with Crippen LogP contribution in [-0.2, 0) is 14.4 Å². The molecular formula is C33H28N4O5S. The summed E-state index contributed by atoms with van der Waals surface area (Å²) in [5.74, 6) is -1.95. The summed E-state index contributed by atoms with van der Waals surface area (Å²) in [6.07, 6.45) is 7.73. The Labute approximate surface area is 253 Å². The molecule has 10 heteroatoms. The van der Waals surface area contributed by atoms with Crippen molar-refractivity contribution in [2.24, 2.45) is 4.99 Å². The number of nitro benzene ring substituents is 1. The molecule has 0 aromatic heterocycles. The largest absolute Gasteiger partial charge is 0.344 e. The van der Waals surface area contributed by atoms with Crippen molar-refractivity contribution in [3.63, 3.8) is 0 Å². The normalized spacial score (nSPS) is 14.7. The number of hydrogen-bond donors (Lipinski definition) is 1. The Morgan fingerprint density at radius 2 is 1.70 bits per heavy atom. The van der Waals surface area contributed by atoms with Crippen molar-refractivity contribution < 1.29 is 19.3 Å². The lowest BCUT2D eigenvalue weighted by atomic mass is 9.99. The fourth-order valence-electron chi connectivity index (χ4n) is 4.29. The molecule has 0 fully saturated rings. The van der Waals surface area contributed by atoms with Gasteiger partial charge in [0.1, 0.15) is 5.57 Å². The summed E-state index contributed by atoms with van der Waals surface area (Å²) < 4.78 is 0. The van der Waals surface area contributed by atoms with Crippen LogP contribution in [0.25, 0.3) is 6.08 Å². The number of carbonyl (C=O) groups is 3. The zero-order chi connectivity index (χ0) is 30.8. The van der Waals surface area contributed by atoms with Crippen LogP contribution in [0.1, 0.15) is 29.7 Å². The lowest BCUT2D eigenvalue weighted by Crippen LogP contribution is -2.42. The predicted octanol–water partition coefficient (Wildman–Crippen LogP) is 5.99. The van der Waals surface area contributed by atoms with Crippen LogP contribution in [0.15, 0.2) is 132 Å². The molecule has 0 saturated carbocycles. The summed E-state index contributed by atoms with van der Waals surface area (Å²) in [4.78, 5) is 56.1. The van der Waals surface area contributed by atoms with E-state index in [9.17, 15) is 24.5 Å². The molecule has 216 valence electrons. The van der Waals surface area contributed by atoms with Crippen molar-refractivity contribution in [2.75, 3.05) is 5.75 Å². The molecule has 0 saturated heterocycles. The standard InChI is InChI=1S/C33H28N4O5S/c1-3-5-18-26(4-2)36-32(40)28(21-23-13-12-19-27(20-23)37(41)42)31(39)35-33(36)43-22-29(38)34-30(24-14-8-6-9-15-24)25-16-10-7-11-17-25/h3-21,30H,1,22H2,2H3,(H,34,38)/b18-5-,26-4+,28-21+. The molecule has 43 heavy (non-hydrogen) atoms. The fourth-order valence-corrected chi connectivity index (χ4v) is 5.10. The number of allylic oxidation sites excluding steroid dienone is 4. The van der Waals surface area contributed by atoms with E-state index in [0.29, 0.717) is 11.3 Å². The second-order valence-electron chi connectivity index (χ2n) is 9.17. The first-order valence-corrected chi connectivity index (χ1v) is 14.2. The summed E-state index contributed by atoms with van der Waals surface area (Å²) >= 11 is 0.950. The summed E-state index contributed by atoms with van der Waals surface area (Å²) in [6.45, 7) is 5.38. The maximum Gasteiger partial charge on any atom is 0.285 e. The zero-order valence-corrected chi connectivity index (χ0v) is 24.1. The van der Waals surface area contributed by atoms with Crippen molar-refractivity contribution in [3.8, 4) is 0 Å². The first-order valence-electron chi connectivity index (χ1n) is 13.2. The van der Waals surface area contributed by atoms with Crippen molar-refractivity contribution in [1.82, 2.24) is 10.2 Å². The Morgan fingerprint density at radius 1 is 1.05 bits per heavy atom. The van der Waals surface area contributed by atoms with Gasteiger partial charge in [-0.05, 0) is 35.8 Å². The molecule has 1 heterocycles. The quantitative estimate of drug-likeness (QED) is 0.102. The van der Waals surface area contributed by atoms with Crippen molar-refractivity contribution in [3.05, 3.63) is 154 Å². The number of non-ortho nitro benzene ring substituents is 1. The summed E-state index contributed by atoms with van der Waals surface area (Å²) in [5, 5.41) is 14.3. The van der Waals surface area contributed by atoms with Crippen LogP contribution >= 0.6 is 11.8 Å². The number of amidine groups is 1. The van der Waals surface area contributed by atoms with Gasteiger partial charge in [0.05, 0.1) is 16.7 Å². The summed E-state index contributed by atoms with van der Waals surface area (Å²) in [5.41, 5.74) is 2.05. The number of nitrogens with one attached hydrogen (secondary N) is 1. The SMILES string of the molecule is C=C/C=C\C(=C/C)N1C(=O)/C(=C/c2cccc([N+](=O)[O-])c2)C(=O)N=C1SCC(=O)NC(c1ccccc1)c1ccccc1. The van der Waals surface area contributed by atoms with E-state index >= 15 is 0 Å². The summed E-state index contributed by atoms with van der Waals surface area (Å²) in [6, 6.07) is 24.3. The topological polar surface area (TPSA) is 122 Å². The molecule has 1 aliphatic rings. The van der Waals surface area contributed by atoms with Gasteiger partial charge in [0.25, 0.3) is 17.5 Å². The molecule has 0 atom stereocenters. The number of nitrogens with zero attached hydrogens (tertiary/aromatic N) is 3. The van der Waals surface area contributed by atoms with Gasteiger partial charge in [-0.3, -0.25) is 29.4 Å². The van der Waals surface area contributed by atoms with Crippen molar-refractivity contribution >= 4 is 46.4 Å². The number of nitro groups is 1. The average molecular weight is 593 g/mol. The maximum atomic E-state index is 13.7. The van der Waals surface area contributed by atoms with Gasteiger partial charge in [-0.15, -0.1) is 0 Å². The molecule has 0 aliphatic carbocycles. The Balaban J connectivity index is 1.62. The molecule has 3 amide bonds. The number of rotatable bonds is 10. The number of benzene rings is 3. The number of amides is 3. The average Bonchev–Trinajstić information content (AvgIpc) is 3.03. The van der Waals surface area contributed by atoms with Crippen LogP contribution < -0.4 is 5.32 Å². The highest BCUT2D eigenvalue weighted by Crippen LogP contribution is 2.27. The third-order valence-corrected chi connectivity index (χ3v) is 7.24. The van der Waals surface area contributed by atoms with Gasteiger partial charge in [0, 0.05) is 17.8 Å². The van der Waals surface area contributed by atoms with E-state index in [-0.39, 0.29) is 28.1 Å². The molecule has 3 aromatic carbocycles. The van der Waals surface area contributed by atoms with Crippen molar-refractivity contribution in [1.29, 1.82) is 0 Å². The van der Waals surface area contributed by atoms with E-state index in [1.807, 2.05) is 60.7 Å². The molecule has 3 aromatic rings. The first kappa shape index (κ1) is 30.6. The smallest absolute Gasteiger partial charge is 0.285 e. The van der Waals surface area contributed by atoms with Crippen LogP contribution in [0.4, 0.5) is 5.69 Å². The highest BCUT2D eigenvalue weighted by atomic mass is 32.2. The molecular weight excluding hydrogens is 564 g/mol. The molecule has 0 radical (unpaired) electrons. The fraction of sp³-hybridized carbons (Fsp3) is 0.0909. The molecule has 4 rings (SSSR count). The molecule has 0 bridgehead atoms. The van der Waals surface area contributed by atoms with Gasteiger partial charge in [-0.25, -0.2) is 0 Å². The van der Waals surface area contributed by atoms with E-state index in [0.717, 1.165) is 22.9 Å². The number of hydrogen-bond acceptors (Lipinski definition) is 6. The molecule has 0 spiro atoms. The third-order valence-electron chi connectivity index (χ3n) is 6.30. The van der Waals surface area contributed by atoms with Gasteiger partial charge >= 0.3 is 0 Å². The summed E-state index contributed by atoms with van der Waals surface area (Å²) in [7, 11) is 0. The predicted molar refractivity (Wildman–Crippen MR) is 169 cm³/mol. The van der Waals surface area contributed by atoms with Gasteiger partial charge in [-0.2, -0.15) is 4.99 Å². The zero-order valence-electron chi connectivity index (χ0n) is 23.3. The first-order chi connectivity index (χ1) is 20.8. The lowest BCUT2D eigenvalue weighted by Gasteiger charge is -2.28. The van der Waals surface area contributed by atoms with Gasteiger partial charge in [0.15, 0.2) is 5.17 Å². The highest BCUT2D eigenvalue weighted by Gasteiger charge is 2.35. The number of carbonyl (C=O) groups excluding carboxylic acids is 3. The minimum Gasteiger partial charge on any atom is -0.344 e. The number of aliphatic imine (C=N–C) groups is 1.